The summed E-state index contributed by atoms with van der Waals surface area (Å²) in [6, 6.07) is 0. The summed E-state index contributed by atoms with van der Waals surface area (Å²) in [6.45, 7) is 0. The molecule has 0 rings (SSSR count). The van der Waals surface area contributed by atoms with Crippen LogP contribution in [0.25, 0.3) is 0 Å². The van der Waals surface area contributed by atoms with Crippen molar-refractivity contribution in [3.63, 3.8) is 0 Å². The molecule has 0 heterocycles. The first-order valence-corrected chi connectivity index (χ1v) is 1.22. The Bertz CT molecular complexity index is 8.00. The average molecular weight is 309 g/mol. The third kappa shape index (κ3) is 9.11. The molecule has 0 bridgehead atoms. The van der Waals surface area contributed by atoms with Crippen LogP contribution in [0.1, 0.15) is 0 Å². The van der Waals surface area contributed by atoms with Crippen LogP contribution in [-0.4, -0.2) is 23.0 Å². The summed E-state index contributed by atoms with van der Waals surface area (Å²) in [5, 5.41) is 0. The van der Waals surface area contributed by atoms with E-state index in [0.29, 0.717) is 23.0 Å². The Morgan fingerprint density at radius 3 is 1.25 bits per heavy atom. The molecule has 0 aromatic carbocycles. The molecule has 0 N–H and O–H groups in total. The fourth-order valence-corrected chi connectivity index (χ4v) is 0. The third-order valence-electron chi connectivity index (χ3n) is 0. The van der Waals surface area contributed by atoms with Crippen LogP contribution in [-0.2, 0) is 42.5 Å². The molecule has 1 nitrogen and oxygen atoms in total. The second kappa shape index (κ2) is 20.8. The Hall–Kier alpha value is 1.88. The Kier molecular flexibility index (Phi) is 87.8. The van der Waals surface area contributed by atoms with Gasteiger partial charge in [-0.25, -0.2) is 0 Å². The van der Waals surface area contributed by atoms with Crippen molar-refractivity contribution in [1.29, 1.82) is 0 Å². The van der Waals surface area contributed by atoms with Gasteiger partial charge in [0.25, 0.3) is 0 Å². The van der Waals surface area contributed by atoms with Crippen LogP contribution in [0.3, 0.4) is 0 Å². The maximum atomic E-state index is 8.30. The Morgan fingerprint density at radius 1 is 1.25 bits per heavy atom. The molecule has 0 aliphatic heterocycles. The van der Waals surface area contributed by atoms with Crippen LogP contribution in [0.2, 0.25) is 0 Å². The van der Waals surface area contributed by atoms with Gasteiger partial charge < -0.3 is 0 Å². The van der Waals surface area contributed by atoms with Gasteiger partial charge in [-0.05, 0) is 0 Å². The molecule has 0 aromatic rings. The number of rotatable bonds is 0. The molecular weight excluding hydrogens is 309 g/mol. The number of hydrogen-bond donors (Lipinski definition) is 0. The predicted octanol–water partition coefficient (Wildman–Crippen LogP) is -0.505. The van der Waals surface area contributed by atoms with Gasteiger partial charge in [-0.15, -0.1) is 0 Å². The molecule has 0 aromatic heterocycles. The first kappa shape index (κ1) is 16.9. The van der Waals surface area contributed by atoms with Crippen molar-refractivity contribution in [2.24, 2.45) is 0 Å². The van der Waals surface area contributed by atoms with Crippen molar-refractivity contribution in [3.05, 3.63) is 0 Å². The summed E-state index contributed by atoms with van der Waals surface area (Å²) < 4.78 is 8.30. The first-order chi connectivity index (χ1) is 1.00. The maximum absolute atomic E-state index is 8.30. The quantitative estimate of drug-likeness (QED) is 0.551. The zero-order valence-electron chi connectivity index (χ0n) is 1.46. The van der Waals surface area contributed by atoms with Gasteiger partial charge in [0, 0.05) is 39.4 Å². The minimum atomic E-state index is 0. The van der Waals surface area contributed by atoms with Crippen molar-refractivity contribution in [3.8, 4) is 0 Å². The summed E-state index contributed by atoms with van der Waals surface area (Å²) in [4.78, 5) is 0. The number of hydrogen-bond acceptors (Lipinski definition) is 1. The zero-order chi connectivity index (χ0) is 2.00. The van der Waals surface area contributed by atoms with Gasteiger partial charge in [0.05, 0.1) is 0 Å². The molecule has 0 atom stereocenters. The minimum absolute atomic E-state index is 0. The summed E-state index contributed by atoms with van der Waals surface area (Å²) in [7, 11) is 0. The van der Waals surface area contributed by atoms with E-state index < -0.39 is 0 Å². The Morgan fingerprint density at radius 2 is 1.25 bits per heavy atom. The second-order valence-corrected chi connectivity index (χ2v) is 0. The third-order valence-corrected chi connectivity index (χ3v) is 0. The van der Waals surface area contributed by atoms with Gasteiger partial charge in [-0.2, -0.15) is 0 Å². The Labute approximate surface area is 64.8 Å². The summed E-state index contributed by atoms with van der Waals surface area (Å²) in [5.74, 6) is 0. The van der Waals surface area contributed by atoms with Gasteiger partial charge in [0.1, 0.15) is 0 Å². The zero-order valence-corrected chi connectivity index (χ0v) is 6.44. The Balaban J connectivity index is -0.00000000500. The van der Waals surface area contributed by atoms with E-state index in [-0.39, 0.29) is 39.4 Å². The van der Waals surface area contributed by atoms with E-state index >= 15 is 0 Å². The molecule has 3 radical (unpaired) electrons. The second-order valence-electron chi connectivity index (χ2n) is 0. The molecule has 0 fully saturated rings. The molecule has 0 aliphatic carbocycles. The normalized spacial score (nSPS) is 1.00. The molecule has 4 heavy (non-hydrogen) atoms. The summed E-state index contributed by atoms with van der Waals surface area (Å²) in [5.41, 5.74) is 0. The van der Waals surface area contributed by atoms with Crippen LogP contribution in [0.15, 0.2) is 0 Å². The first-order valence-electron chi connectivity index (χ1n) is 0.183. The topological polar surface area (TPSA) is 17.1 Å². The fourth-order valence-electron chi connectivity index (χ4n) is 0. The molecule has 0 aliphatic rings. The van der Waals surface area contributed by atoms with Gasteiger partial charge in [-0.1, -0.05) is 0 Å². The van der Waals surface area contributed by atoms with Crippen LogP contribution in [0.5, 0.6) is 0 Å². The van der Waals surface area contributed by atoms with Gasteiger partial charge in [0.15, 0.2) is 0 Å². The van der Waals surface area contributed by atoms with Crippen molar-refractivity contribution < 1.29 is 42.5 Å². The van der Waals surface area contributed by atoms with E-state index in [0.717, 1.165) is 0 Å². The van der Waals surface area contributed by atoms with E-state index in [9.17, 15) is 0 Å². The van der Waals surface area contributed by atoms with E-state index in [1.165, 1.54) is 0 Å². The van der Waals surface area contributed by atoms with Crippen LogP contribution in [0, 0.1) is 0 Å². The molecule has 0 amide bonds. The molecule has 0 unspecified atom stereocenters. The van der Waals surface area contributed by atoms with Crippen molar-refractivity contribution >= 4 is 23.0 Å². The molecule has 0 saturated heterocycles. The van der Waals surface area contributed by atoms with Crippen molar-refractivity contribution in [1.82, 2.24) is 0 Å². The monoisotopic (exact) mass is 307 g/mol. The van der Waals surface area contributed by atoms with Gasteiger partial charge in [0.2, 0.25) is 0 Å². The van der Waals surface area contributed by atoms with Crippen molar-refractivity contribution in [2.45, 2.75) is 0 Å². The van der Waals surface area contributed by atoms with E-state index in [4.69, 9.17) is 3.02 Å². The van der Waals surface area contributed by atoms with Gasteiger partial charge >= 0.3 is 26.0 Å². The van der Waals surface area contributed by atoms with Gasteiger partial charge in [-0.3, -0.25) is 0 Å². The SMILES string of the molecule is [Ag].[Cu].[O]=[Sb]. The average Bonchev–Trinajstić information content (AvgIpc) is 1.00. The van der Waals surface area contributed by atoms with E-state index in [1.54, 1.807) is 0 Å². The molecule has 0 spiro atoms. The molecule has 33 valence electrons. The molecule has 4 heteroatoms. The summed E-state index contributed by atoms with van der Waals surface area (Å²) >= 11 is 0.500. The van der Waals surface area contributed by atoms with Crippen LogP contribution in [0.4, 0.5) is 0 Å². The van der Waals surface area contributed by atoms with E-state index in [2.05, 4.69) is 0 Å². The van der Waals surface area contributed by atoms with Crippen LogP contribution >= 0.6 is 0 Å². The fraction of sp³-hybridized carbons (Fsp3) is 0. The standard InChI is InChI=1S/Ag.Cu.O.Sb. The predicted molar refractivity (Wildman–Crippen MR) is 6.44 cm³/mol. The summed E-state index contributed by atoms with van der Waals surface area (Å²) in [6.07, 6.45) is 0. The van der Waals surface area contributed by atoms with E-state index in [1.807, 2.05) is 0 Å². The van der Waals surface area contributed by atoms with Crippen molar-refractivity contribution in [2.75, 3.05) is 0 Å². The molecule has 0 saturated carbocycles. The van der Waals surface area contributed by atoms with Crippen LogP contribution < -0.4 is 0 Å². The molecular formula is AgCuOSb.